The summed E-state index contributed by atoms with van der Waals surface area (Å²) in [6.07, 6.45) is 1.83. The molecule has 0 aliphatic heterocycles. The van der Waals surface area contributed by atoms with Gasteiger partial charge < -0.3 is 32.5 Å². The quantitative estimate of drug-likeness (QED) is 0.184. The molecule has 0 aromatic rings. The molecule has 166 valence electrons. The molecule has 3 unspecified atom stereocenters. The van der Waals surface area contributed by atoms with Crippen LogP contribution in [0.15, 0.2) is 0 Å². The van der Waals surface area contributed by atoms with Crippen molar-refractivity contribution in [2.24, 2.45) is 17.4 Å². The molecule has 8 N–H and O–H groups in total. The van der Waals surface area contributed by atoms with Crippen LogP contribution in [0, 0.1) is 5.92 Å². The monoisotopic (exact) mass is 433 g/mol. The van der Waals surface area contributed by atoms with E-state index in [0.29, 0.717) is 12.2 Å². The summed E-state index contributed by atoms with van der Waals surface area (Å²) < 4.78 is 0. The summed E-state index contributed by atoms with van der Waals surface area (Å²) in [7, 11) is 0. The van der Waals surface area contributed by atoms with Gasteiger partial charge in [0.2, 0.25) is 23.6 Å². The van der Waals surface area contributed by atoms with Gasteiger partial charge in [-0.15, -0.1) is 0 Å². The minimum Gasteiger partial charge on any atom is -0.480 e. The largest absolute Gasteiger partial charge is 0.480 e. The zero-order valence-corrected chi connectivity index (χ0v) is 17.7. The molecule has 0 bridgehead atoms. The molecule has 29 heavy (non-hydrogen) atoms. The van der Waals surface area contributed by atoms with Crippen LogP contribution in [0.1, 0.15) is 33.1 Å². The molecule has 0 aromatic heterocycles. The standard InChI is InChI=1S/C17H31N5O6S/c1-9(2)14(17(27)28)22-16(26)10(4-5-12(19)23)21-15(25)11(6-7-29-3)20-13(24)8-18/h9-11,14H,4-8,18H2,1-3H3,(H2,19,23)(H,20,24)(H,21,25)(H,22,26)(H,27,28). The summed E-state index contributed by atoms with van der Waals surface area (Å²) in [5, 5.41) is 16.6. The predicted molar refractivity (Wildman–Crippen MR) is 109 cm³/mol. The molecule has 0 aliphatic carbocycles. The van der Waals surface area contributed by atoms with E-state index in [1.807, 2.05) is 6.26 Å². The summed E-state index contributed by atoms with van der Waals surface area (Å²) in [4.78, 5) is 59.2. The van der Waals surface area contributed by atoms with Crippen LogP contribution in [0.4, 0.5) is 0 Å². The first-order valence-electron chi connectivity index (χ1n) is 9.13. The van der Waals surface area contributed by atoms with Crippen LogP contribution in [0.5, 0.6) is 0 Å². The zero-order valence-electron chi connectivity index (χ0n) is 16.9. The first kappa shape index (κ1) is 26.7. The van der Waals surface area contributed by atoms with Crippen molar-refractivity contribution in [2.75, 3.05) is 18.6 Å². The van der Waals surface area contributed by atoms with Crippen LogP contribution in [0.25, 0.3) is 0 Å². The Kier molecular flexibility index (Phi) is 12.7. The second-order valence-electron chi connectivity index (χ2n) is 6.74. The molecular weight excluding hydrogens is 402 g/mol. The minimum absolute atomic E-state index is 0.114. The number of carboxylic acids is 1. The Balaban J connectivity index is 5.36. The number of hydrogen-bond acceptors (Lipinski definition) is 7. The fourth-order valence-electron chi connectivity index (χ4n) is 2.35. The third kappa shape index (κ3) is 10.7. The van der Waals surface area contributed by atoms with E-state index < -0.39 is 53.6 Å². The lowest BCUT2D eigenvalue weighted by Crippen LogP contribution is -2.57. The van der Waals surface area contributed by atoms with Crippen LogP contribution >= 0.6 is 11.8 Å². The molecule has 4 amide bonds. The lowest BCUT2D eigenvalue weighted by atomic mass is 10.0. The van der Waals surface area contributed by atoms with Gasteiger partial charge in [0.25, 0.3) is 0 Å². The molecule has 0 spiro atoms. The van der Waals surface area contributed by atoms with Gasteiger partial charge in [0.05, 0.1) is 6.54 Å². The highest BCUT2D eigenvalue weighted by atomic mass is 32.2. The molecular formula is C17H31N5O6S. The van der Waals surface area contributed by atoms with Crippen molar-refractivity contribution in [1.82, 2.24) is 16.0 Å². The third-order valence-corrected chi connectivity index (χ3v) is 4.63. The number of hydrogen-bond donors (Lipinski definition) is 6. The number of carboxylic acid groups (broad SMARTS) is 1. The smallest absolute Gasteiger partial charge is 0.326 e. The molecule has 3 atom stereocenters. The second-order valence-corrected chi connectivity index (χ2v) is 7.73. The van der Waals surface area contributed by atoms with Crippen molar-refractivity contribution in [1.29, 1.82) is 0 Å². The molecule has 0 aliphatic rings. The maximum Gasteiger partial charge on any atom is 0.326 e. The Morgan fingerprint density at radius 2 is 1.52 bits per heavy atom. The summed E-state index contributed by atoms with van der Waals surface area (Å²) in [6.45, 7) is 2.94. The zero-order chi connectivity index (χ0) is 22.6. The highest BCUT2D eigenvalue weighted by molar-refractivity contribution is 7.98. The Morgan fingerprint density at radius 3 is 1.97 bits per heavy atom. The van der Waals surface area contributed by atoms with Crippen LogP contribution < -0.4 is 27.4 Å². The summed E-state index contributed by atoms with van der Waals surface area (Å²) >= 11 is 1.47. The fraction of sp³-hybridized carbons (Fsp3) is 0.706. The molecule has 11 nitrogen and oxygen atoms in total. The fourth-order valence-corrected chi connectivity index (χ4v) is 2.82. The number of carbonyl (C=O) groups excluding carboxylic acids is 4. The molecule has 0 saturated carbocycles. The normalized spacial score (nSPS) is 13.8. The highest BCUT2D eigenvalue weighted by Crippen LogP contribution is 2.06. The molecule has 0 saturated heterocycles. The van der Waals surface area contributed by atoms with Gasteiger partial charge in [0.15, 0.2) is 0 Å². The van der Waals surface area contributed by atoms with E-state index in [1.54, 1.807) is 13.8 Å². The Morgan fingerprint density at radius 1 is 0.966 bits per heavy atom. The number of amides is 4. The van der Waals surface area contributed by atoms with Crippen molar-refractivity contribution in [2.45, 2.75) is 51.2 Å². The second kappa shape index (κ2) is 13.8. The summed E-state index contributed by atoms with van der Waals surface area (Å²) in [6, 6.07) is -3.29. The lowest BCUT2D eigenvalue weighted by Gasteiger charge is -2.25. The number of nitrogens with two attached hydrogens (primary N) is 2. The van der Waals surface area contributed by atoms with Gasteiger partial charge in [-0.2, -0.15) is 11.8 Å². The molecule has 0 aromatic carbocycles. The molecule has 12 heteroatoms. The number of nitrogens with one attached hydrogen (secondary N) is 3. The van der Waals surface area contributed by atoms with Crippen molar-refractivity contribution in [3.63, 3.8) is 0 Å². The van der Waals surface area contributed by atoms with Crippen molar-refractivity contribution in [3.05, 3.63) is 0 Å². The Hall–Kier alpha value is -2.34. The van der Waals surface area contributed by atoms with Gasteiger partial charge in [0, 0.05) is 6.42 Å². The maximum atomic E-state index is 12.6. The minimum atomic E-state index is -1.22. The molecule has 0 rings (SSSR count). The number of aliphatic carboxylic acids is 1. The number of rotatable bonds is 14. The Bertz CT molecular complexity index is 601. The first-order valence-corrected chi connectivity index (χ1v) is 10.5. The van der Waals surface area contributed by atoms with Crippen LogP contribution in [0.2, 0.25) is 0 Å². The van der Waals surface area contributed by atoms with E-state index in [0.717, 1.165) is 0 Å². The SMILES string of the molecule is CSCCC(NC(=O)CN)C(=O)NC(CCC(N)=O)C(=O)NC(C(=O)O)C(C)C. The average Bonchev–Trinajstić information content (AvgIpc) is 2.64. The van der Waals surface area contributed by atoms with E-state index >= 15 is 0 Å². The van der Waals surface area contributed by atoms with Gasteiger partial charge >= 0.3 is 5.97 Å². The molecule has 0 heterocycles. The summed E-state index contributed by atoms with van der Waals surface area (Å²) in [5.41, 5.74) is 10.4. The average molecular weight is 434 g/mol. The number of carbonyl (C=O) groups is 5. The van der Waals surface area contributed by atoms with Gasteiger partial charge in [-0.25, -0.2) is 4.79 Å². The third-order valence-electron chi connectivity index (χ3n) is 3.99. The summed E-state index contributed by atoms with van der Waals surface area (Å²) in [5.74, 6) is -3.66. The van der Waals surface area contributed by atoms with E-state index in [1.165, 1.54) is 11.8 Å². The van der Waals surface area contributed by atoms with E-state index in [-0.39, 0.29) is 19.4 Å². The number of primary amides is 1. The van der Waals surface area contributed by atoms with E-state index in [9.17, 15) is 29.1 Å². The van der Waals surface area contributed by atoms with Crippen molar-refractivity contribution >= 4 is 41.4 Å². The van der Waals surface area contributed by atoms with Gasteiger partial charge in [-0.1, -0.05) is 13.8 Å². The van der Waals surface area contributed by atoms with Crippen LogP contribution in [0.3, 0.4) is 0 Å². The highest BCUT2D eigenvalue weighted by Gasteiger charge is 2.30. The van der Waals surface area contributed by atoms with Crippen LogP contribution in [-0.4, -0.2) is 71.4 Å². The van der Waals surface area contributed by atoms with Crippen LogP contribution in [-0.2, 0) is 24.0 Å². The van der Waals surface area contributed by atoms with Crippen molar-refractivity contribution in [3.8, 4) is 0 Å². The van der Waals surface area contributed by atoms with Gasteiger partial charge in [-0.05, 0) is 30.8 Å². The first-order chi connectivity index (χ1) is 13.5. The Labute approximate surface area is 174 Å². The van der Waals surface area contributed by atoms with Gasteiger partial charge in [0.1, 0.15) is 18.1 Å². The number of thioether (sulfide) groups is 1. The molecule has 0 fully saturated rings. The van der Waals surface area contributed by atoms with E-state index in [4.69, 9.17) is 11.5 Å². The van der Waals surface area contributed by atoms with Crippen molar-refractivity contribution < 1.29 is 29.1 Å². The van der Waals surface area contributed by atoms with Gasteiger partial charge in [-0.3, -0.25) is 19.2 Å². The maximum absolute atomic E-state index is 12.6. The predicted octanol–water partition coefficient (Wildman–Crippen LogP) is -1.84. The molecule has 0 radical (unpaired) electrons. The topological polar surface area (TPSA) is 194 Å². The van der Waals surface area contributed by atoms with E-state index in [2.05, 4.69) is 16.0 Å². The lowest BCUT2D eigenvalue weighted by molar-refractivity contribution is -0.143.